The van der Waals surface area contributed by atoms with Crippen LogP contribution < -0.4 is 10.6 Å². The predicted octanol–water partition coefficient (Wildman–Crippen LogP) is 2.46. The Morgan fingerprint density at radius 2 is 2.20 bits per heavy atom. The number of aromatic nitrogens is 2. The monoisotopic (exact) mass is 278 g/mol. The van der Waals surface area contributed by atoms with Gasteiger partial charge in [-0.15, -0.1) is 0 Å². The van der Waals surface area contributed by atoms with E-state index in [4.69, 9.17) is 0 Å². The van der Waals surface area contributed by atoms with Crippen LogP contribution in [0.25, 0.3) is 0 Å². The summed E-state index contributed by atoms with van der Waals surface area (Å²) in [7, 11) is 0. The van der Waals surface area contributed by atoms with Crippen LogP contribution in [-0.2, 0) is 6.54 Å². The third-order valence-corrected chi connectivity index (χ3v) is 3.97. The summed E-state index contributed by atoms with van der Waals surface area (Å²) in [6, 6.07) is 2.34. The van der Waals surface area contributed by atoms with Crippen molar-refractivity contribution in [1.29, 1.82) is 0 Å². The van der Waals surface area contributed by atoms with Gasteiger partial charge in [0.05, 0.1) is 0 Å². The number of amides is 2. The molecule has 1 aromatic heterocycles. The highest BCUT2D eigenvalue weighted by molar-refractivity contribution is 5.74. The van der Waals surface area contributed by atoms with Gasteiger partial charge in [-0.1, -0.05) is 26.2 Å². The Bertz CT molecular complexity index is 423. The molecule has 0 aromatic carbocycles. The maximum Gasteiger partial charge on any atom is 0.315 e. The van der Waals surface area contributed by atoms with E-state index in [1.54, 1.807) is 0 Å². The molecule has 5 heteroatoms. The van der Waals surface area contributed by atoms with Crippen LogP contribution in [0.1, 0.15) is 44.7 Å². The van der Waals surface area contributed by atoms with Crippen LogP contribution in [0.15, 0.2) is 12.3 Å². The maximum absolute atomic E-state index is 11.8. The van der Waals surface area contributed by atoms with Crippen LogP contribution in [0, 0.1) is 12.8 Å². The van der Waals surface area contributed by atoms with Gasteiger partial charge in [0.25, 0.3) is 0 Å². The number of nitrogens with zero attached hydrogens (tertiary/aromatic N) is 2. The average Bonchev–Trinajstić information content (AvgIpc) is 2.83. The zero-order valence-electron chi connectivity index (χ0n) is 12.6. The Hall–Kier alpha value is -1.52. The lowest BCUT2D eigenvalue weighted by atomic mass is 9.96. The Morgan fingerprint density at radius 1 is 1.45 bits per heavy atom. The van der Waals surface area contributed by atoms with E-state index in [1.165, 1.54) is 19.3 Å². The zero-order chi connectivity index (χ0) is 14.4. The highest BCUT2D eigenvalue weighted by Crippen LogP contribution is 2.17. The van der Waals surface area contributed by atoms with Crippen molar-refractivity contribution in [1.82, 2.24) is 20.4 Å². The summed E-state index contributed by atoms with van der Waals surface area (Å²) < 4.78 is 1.98. The fourth-order valence-electron chi connectivity index (χ4n) is 2.70. The second kappa shape index (κ2) is 7.31. The van der Waals surface area contributed by atoms with Gasteiger partial charge in [0, 0.05) is 31.0 Å². The first-order valence-electron chi connectivity index (χ1n) is 7.68. The molecule has 1 aromatic rings. The van der Waals surface area contributed by atoms with Gasteiger partial charge in [0.2, 0.25) is 0 Å². The summed E-state index contributed by atoms with van der Waals surface area (Å²) >= 11 is 0. The summed E-state index contributed by atoms with van der Waals surface area (Å²) in [5.41, 5.74) is 1.16. The lowest BCUT2D eigenvalue weighted by molar-refractivity contribution is 0.230. The van der Waals surface area contributed by atoms with Crippen LogP contribution in [0.3, 0.4) is 0 Å². The third kappa shape index (κ3) is 4.54. The standard InChI is InChI=1S/C15H26N4O/c1-12(11-19-13(2)8-9-17-19)10-16-15(20)18-14-6-4-3-5-7-14/h8-9,12,14H,3-7,10-11H2,1-2H3,(H2,16,18,20). The van der Waals surface area contributed by atoms with Gasteiger partial charge in [-0.3, -0.25) is 4.68 Å². The zero-order valence-corrected chi connectivity index (χ0v) is 12.6. The molecule has 1 fully saturated rings. The predicted molar refractivity (Wildman–Crippen MR) is 79.5 cm³/mol. The van der Waals surface area contributed by atoms with Crippen LogP contribution in [0.4, 0.5) is 4.79 Å². The van der Waals surface area contributed by atoms with Crippen molar-refractivity contribution in [2.75, 3.05) is 6.54 Å². The minimum atomic E-state index is -0.0269. The van der Waals surface area contributed by atoms with E-state index in [2.05, 4.69) is 22.7 Å². The van der Waals surface area contributed by atoms with Crippen LogP contribution >= 0.6 is 0 Å². The Labute approximate surface area is 121 Å². The quantitative estimate of drug-likeness (QED) is 0.869. The van der Waals surface area contributed by atoms with Gasteiger partial charge < -0.3 is 10.6 Å². The second-order valence-electron chi connectivity index (χ2n) is 5.95. The van der Waals surface area contributed by atoms with Gasteiger partial charge in [-0.05, 0) is 31.7 Å². The SMILES string of the molecule is Cc1ccnn1CC(C)CNC(=O)NC1CCCCC1. The van der Waals surface area contributed by atoms with Gasteiger partial charge in [-0.25, -0.2) is 4.79 Å². The molecule has 0 bridgehead atoms. The Balaban J connectivity index is 1.66. The van der Waals surface area contributed by atoms with E-state index in [0.717, 1.165) is 25.1 Å². The summed E-state index contributed by atoms with van der Waals surface area (Å²) in [5.74, 6) is 0.366. The molecular weight excluding hydrogens is 252 g/mol. The maximum atomic E-state index is 11.8. The number of hydrogen-bond donors (Lipinski definition) is 2. The molecule has 0 aliphatic heterocycles. The normalized spacial score (nSPS) is 17.7. The number of rotatable bonds is 5. The van der Waals surface area contributed by atoms with E-state index in [0.29, 0.717) is 18.5 Å². The van der Waals surface area contributed by atoms with Crippen molar-refractivity contribution in [2.24, 2.45) is 5.92 Å². The van der Waals surface area contributed by atoms with Crippen molar-refractivity contribution < 1.29 is 4.79 Å². The number of carbonyl (C=O) groups excluding carboxylic acids is 1. The van der Waals surface area contributed by atoms with E-state index in [9.17, 15) is 4.79 Å². The van der Waals surface area contributed by atoms with Crippen molar-refractivity contribution in [3.8, 4) is 0 Å². The Morgan fingerprint density at radius 3 is 2.85 bits per heavy atom. The third-order valence-electron chi connectivity index (χ3n) is 3.97. The topological polar surface area (TPSA) is 59.0 Å². The summed E-state index contributed by atoms with van der Waals surface area (Å²) in [6.45, 7) is 5.69. The van der Waals surface area contributed by atoms with Crippen LogP contribution in [-0.4, -0.2) is 28.4 Å². The smallest absolute Gasteiger partial charge is 0.315 e. The minimum absolute atomic E-state index is 0.0269. The molecule has 112 valence electrons. The first-order valence-corrected chi connectivity index (χ1v) is 7.68. The molecular formula is C15H26N4O. The molecule has 1 aliphatic carbocycles. The number of aryl methyl sites for hydroxylation is 1. The largest absolute Gasteiger partial charge is 0.338 e. The molecule has 0 saturated heterocycles. The molecule has 0 radical (unpaired) electrons. The van der Waals surface area contributed by atoms with E-state index < -0.39 is 0 Å². The fraction of sp³-hybridized carbons (Fsp3) is 0.733. The molecule has 2 rings (SSSR count). The molecule has 1 atom stereocenters. The highest BCUT2D eigenvalue weighted by atomic mass is 16.2. The van der Waals surface area contributed by atoms with Gasteiger partial charge in [0.1, 0.15) is 0 Å². The molecule has 2 N–H and O–H groups in total. The summed E-state index contributed by atoms with van der Waals surface area (Å²) in [4.78, 5) is 11.8. The van der Waals surface area contributed by atoms with Crippen molar-refractivity contribution in [3.05, 3.63) is 18.0 Å². The minimum Gasteiger partial charge on any atom is -0.338 e. The number of nitrogens with one attached hydrogen (secondary N) is 2. The van der Waals surface area contributed by atoms with Gasteiger partial charge in [-0.2, -0.15) is 5.10 Å². The fourth-order valence-corrected chi connectivity index (χ4v) is 2.70. The molecule has 1 saturated carbocycles. The molecule has 0 spiro atoms. The molecule has 1 heterocycles. The highest BCUT2D eigenvalue weighted by Gasteiger charge is 2.15. The van der Waals surface area contributed by atoms with E-state index in [-0.39, 0.29) is 6.03 Å². The van der Waals surface area contributed by atoms with Crippen LogP contribution in [0.5, 0.6) is 0 Å². The number of hydrogen-bond acceptors (Lipinski definition) is 2. The van der Waals surface area contributed by atoms with Gasteiger partial charge in [0.15, 0.2) is 0 Å². The average molecular weight is 278 g/mol. The number of carbonyl (C=O) groups is 1. The molecule has 5 nitrogen and oxygen atoms in total. The van der Waals surface area contributed by atoms with Crippen LogP contribution in [0.2, 0.25) is 0 Å². The van der Waals surface area contributed by atoms with Crippen molar-refractivity contribution >= 4 is 6.03 Å². The summed E-state index contributed by atoms with van der Waals surface area (Å²) in [6.07, 6.45) is 7.83. The number of urea groups is 1. The van der Waals surface area contributed by atoms with Crippen molar-refractivity contribution in [2.45, 2.75) is 58.5 Å². The molecule has 1 unspecified atom stereocenters. The lowest BCUT2D eigenvalue weighted by Crippen LogP contribution is -2.44. The first kappa shape index (κ1) is 14.9. The summed E-state index contributed by atoms with van der Waals surface area (Å²) in [5, 5.41) is 10.3. The first-order chi connectivity index (χ1) is 9.65. The molecule has 1 aliphatic rings. The molecule has 2 amide bonds. The lowest BCUT2D eigenvalue weighted by Gasteiger charge is -2.23. The molecule has 20 heavy (non-hydrogen) atoms. The second-order valence-corrected chi connectivity index (χ2v) is 5.95. The van der Waals surface area contributed by atoms with Gasteiger partial charge >= 0.3 is 6.03 Å². The van der Waals surface area contributed by atoms with E-state index >= 15 is 0 Å². The van der Waals surface area contributed by atoms with Crippen molar-refractivity contribution in [3.63, 3.8) is 0 Å². The van der Waals surface area contributed by atoms with E-state index in [1.807, 2.05) is 23.9 Å². The Kier molecular flexibility index (Phi) is 5.44.